The van der Waals surface area contributed by atoms with Gasteiger partial charge in [-0.1, -0.05) is 0 Å². The minimum Gasteiger partial charge on any atom is -0.376 e. The van der Waals surface area contributed by atoms with Gasteiger partial charge < -0.3 is 15.3 Å². The van der Waals surface area contributed by atoms with Crippen LogP contribution in [0.2, 0.25) is 0 Å². The first kappa shape index (κ1) is 11.7. The number of nitrogens with zero attached hydrogens (tertiary/aromatic N) is 1. The fourth-order valence-electron chi connectivity index (χ4n) is 0.645. The van der Waals surface area contributed by atoms with Gasteiger partial charge in [0, 0.05) is 25.9 Å². The molecule has 74 valence electrons. The van der Waals surface area contributed by atoms with E-state index < -0.39 is 0 Å². The Balaban J connectivity index is 3.71. The summed E-state index contributed by atoms with van der Waals surface area (Å²) in [6, 6.07) is 0. The van der Waals surface area contributed by atoms with E-state index in [0.29, 0.717) is 0 Å². The third kappa shape index (κ3) is 7.08. The highest BCUT2D eigenvalue weighted by Crippen LogP contribution is 1.86. The number of nitrogens with one attached hydrogen (secondary N) is 1. The van der Waals surface area contributed by atoms with Crippen molar-refractivity contribution in [3.63, 3.8) is 0 Å². The first-order valence-electron chi connectivity index (χ1n) is 4.16. The summed E-state index contributed by atoms with van der Waals surface area (Å²) in [5, 5.41) is 11.3. The van der Waals surface area contributed by atoms with Gasteiger partial charge in [-0.2, -0.15) is 0 Å². The number of carbonyl (C=O) groups is 1. The summed E-state index contributed by atoms with van der Waals surface area (Å²) < 4.78 is 0. The normalized spacial score (nSPS) is 11.0. The van der Waals surface area contributed by atoms with E-state index in [-0.39, 0.29) is 12.6 Å². The maximum absolute atomic E-state index is 10.4. The zero-order valence-electron chi connectivity index (χ0n) is 8.03. The molecular formula is C9H16N2O2. The van der Waals surface area contributed by atoms with Crippen molar-refractivity contribution in [2.75, 3.05) is 13.3 Å². The molecular weight excluding hydrogens is 168 g/mol. The first-order chi connectivity index (χ1) is 6.20. The average Bonchev–Trinajstić information content (AvgIpc) is 2.11. The molecule has 1 amide bonds. The summed E-state index contributed by atoms with van der Waals surface area (Å²) in [7, 11) is 0. The molecule has 0 atom stereocenters. The molecule has 0 heterocycles. The molecule has 13 heavy (non-hydrogen) atoms. The number of hydrogen-bond donors (Lipinski definition) is 2. The van der Waals surface area contributed by atoms with E-state index in [9.17, 15) is 4.79 Å². The molecule has 4 heteroatoms. The Kier molecular flexibility index (Phi) is 6.63. The molecule has 0 spiro atoms. The van der Waals surface area contributed by atoms with Gasteiger partial charge in [0.25, 0.3) is 0 Å². The Hall–Kier alpha value is -1.29. The Morgan fingerprint density at radius 3 is 2.69 bits per heavy atom. The number of hydrogen-bond acceptors (Lipinski definition) is 3. The molecule has 0 radical (unpaired) electrons. The lowest BCUT2D eigenvalue weighted by Crippen LogP contribution is -2.16. The monoisotopic (exact) mass is 184 g/mol. The SMILES string of the molecule is CCN(/C=C\C=C\NC(C)=O)CO. The smallest absolute Gasteiger partial charge is 0.220 e. The van der Waals surface area contributed by atoms with Crippen molar-refractivity contribution in [1.29, 1.82) is 0 Å². The van der Waals surface area contributed by atoms with E-state index in [0.717, 1.165) is 6.54 Å². The van der Waals surface area contributed by atoms with Crippen molar-refractivity contribution < 1.29 is 9.90 Å². The standard InChI is InChI=1S/C9H16N2O2/c1-3-11(8-12)7-5-4-6-10-9(2)13/h4-7,12H,3,8H2,1-2H3,(H,10,13)/b6-4+,7-5-. The molecule has 2 N–H and O–H groups in total. The van der Waals surface area contributed by atoms with Crippen molar-refractivity contribution in [3.05, 3.63) is 24.6 Å². The summed E-state index contributed by atoms with van der Waals surface area (Å²) in [5.41, 5.74) is 0. The van der Waals surface area contributed by atoms with Crippen LogP contribution in [0.1, 0.15) is 13.8 Å². The molecule has 0 bridgehead atoms. The number of amides is 1. The van der Waals surface area contributed by atoms with Gasteiger partial charge in [0.05, 0.1) is 0 Å². The van der Waals surface area contributed by atoms with Crippen LogP contribution in [0.15, 0.2) is 24.6 Å². The number of aliphatic hydroxyl groups is 1. The van der Waals surface area contributed by atoms with Crippen LogP contribution in [-0.4, -0.2) is 29.2 Å². The van der Waals surface area contributed by atoms with Gasteiger partial charge in [0.2, 0.25) is 5.91 Å². The maximum atomic E-state index is 10.4. The van der Waals surface area contributed by atoms with Crippen LogP contribution >= 0.6 is 0 Å². The second-order valence-electron chi connectivity index (χ2n) is 2.45. The van der Waals surface area contributed by atoms with E-state index >= 15 is 0 Å². The largest absolute Gasteiger partial charge is 0.376 e. The van der Waals surface area contributed by atoms with E-state index in [1.165, 1.54) is 6.92 Å². The lowest BCUT2D eigenvalue weighted by atomic mass is 10.5. The molecule has 0 aromatic rings. The Morgan fingerprint density at radius 1 is 1.54 bits per heavy atom. The molecule has 0 saturated heterocycles. The van der Waals surface area contributed by atoms with Crippen molar-refractivity contribution in [1.82, 2.24) is 10.2 Å². The van der Waals surface area contributed by atoms with Gasteiger partial charge in [-0.25, -0.2) is 0 Å². The van der Waals surface area contributed by atoms with Gasteiger partial charge in [0.1, 0.15) is 6.73 Å². The van der Waals surface area contributed by atoms with Gasteiger partial charge in [0.15, 0.2) is 0 Å². The van der Waals surface area contributed by atoms with Gasteiger partial charge in [-0.05, 0) is 19.1 Å². The first-order valence-corrected chi connectivity index (χ1v) is 4.16. The van der Waals surface area contributed by atoms with E-state index in [1.54, 1.807) is 29.5 Å². The van der Waals surface area contributed by atoms with Crippen molar-refractivity contribution in [2.24, 2.45) is 0 Å². The second kappa shape index (κ2) is 7.36. The number of allylic oxidation sites excluding steroid dienone is 2. The van der Waals surface area contributed by atoms with Crippen LogP contribution in [-0.2, 0) is 4.79 Å². The van der Waals surface area contributed by atoms with Gasteiger partial charge in [-0.3, -0.25) is 4.79 Å². The average molecular weight is 184 g/mol. The minimum atomic E-state index is -0.0980. The van der Waals surface area contributed by atoms with Crippen LogP contribution in [0, 0.1) is 0 Å². The summed E-state index contributed by atoms with van der Waals surface area (Å²) >= 11 is 0. The van der Waals surface area contributed by atoms with E-state index in [2.05, 4.69) is 5.32 Å². The molecule has 0 aliphatic heterocycles. The molecule has 0 unspecified atom stereocenters. The molecule has 0 aliphatic carbocycles. The predicted molar refractivity (Wildman–Crippen MR) is 51.6 cm³/mol. The fraction of sp³-hybridized carbons (Fsp3) is 0.444. The van der Waals surface area contributed by atoms with Gasteiger partial charge >= 0.3 is 0 Å². The number of carbonyl (C=O) groups excluding carboxylic acids is 1. The van der Waals surface area contributed by atoms with Crippen molar-refractivity contribution in [2.45, 2.75) is 13.8 Å². The third-order valence-corrected chi connectivity index (χ3v) is 1.38. The van der Waals surface area contributed by atoms with Crippen molar-refractivity contribution in [3.8, 4) is 0 Å². The van der Waals surface area contributed by atoms with Crippen molar-refractivity contribution >= 4 is 5.91 Å². The number of aliphatic hydroxyl groups excluding tert-OH is 1. The highest BCUT2D eigenvalue weighted by atomic mass is 16.3. The Bertz CT molecular complexity index is 196. The zero-order valence-corrected chi connectivity index (χ0v) is 8.03. The Morgan fingerprint density at radius 2 is 2.23 bits per heavy atom. The summed E-state index contributed by atoms with van der Waals surface area (Å²) in [5.74, 6) is -0.0980. The van der Waals surface area contributed by atoms with Crippen LogP contribution in [0.3, 0.4) is 0 Å². The highest BCUT2D eigenvalue weighted by molar-refractivity contribution is 5.73. The van der Waals surface area contributed by atoms with Crippen LogP contribution < -0.4 is 5.32 Å². The molecule has 0 aliphatic rings. The molecule has 0 fully saturated rings. The summed E-state index contributed by atoms with van der Waals surface area (Å²) in [6.45, 7) is 4.14. The summed E-state index contributed by atoms with van der Waals surface area (Å²) in [6.07, 6.45) is 6.73. The topological polar surface area (TPSA) is 52.6 Å². The lowest BCUT2D eigenvalue weighted by Gasteiger charge is -2.12. The third-order valence-electron chi connectivity index (χ3n) is 1.38. The van der Waals surface area contributed by atoms with Gasteiger partial charge in [-0.15, -0.1) is 0 Å². The molecule has 0 rings (SSSR count). The highest BCUT2D eigenvalue weighted by Gasteiger charge is 1.87. The second-order valence-corrected chi connectivity index (χ2v) is 2.45. The maximum Gasteiger partial charge on any atom is 0.220 e. The summed E-state index contributed by atoms with van der Waals surface area (Å²) in [4.78, 5) is 12.1. The zero-order chi connectivity index (χ0) is 10.1. The van der Waals surface area contributed by atoms with E-state index in [4.69, 9.17) is 5.11 Å². The molecule has 0 saturated carbocycles. The minimum absolute atomic E-state index is 0.000969. The quantitative estimate of drug-likeness (QED) is 0.481. The molecule has 0 aromatic heterocycles. The molecule has 0 aromatic carbocycles. The molecule has 4 nitrogen and oxygen atoms in total. The van der Waals surface area contributed by atoms with E-state index in [1.807, 2.05) is 6.92 Å². The lowest BCUT2D eigenvalue weighted by molar-refractivity contribution is -0.118. The van der Waals surface area contributed by atoms with Crippen LogP contribution in [0.25, 0.3) is 0 Å². The van der Waals surface area contributed by atoms with Crippen LogP contribution in [0.5, 0.6) is 0 Å². The number of rotatable bonds is 5. The predicted octanol–water partition coefficient (Wildman–Crippen LogP) is 0.422. The Labute approximate surface area is 78.5 Å². The fourth-order valence-corrected chi connectivity index (χ4v) is 0.645. The van der Waals surface area contributed by atoms with Crippen LogP contribution in [0.4, 0.5) is 0 Å².